The summed E-state index contributed by atoms with van der Waals surface area (Å²) < 4.78 is 0. The molecular weight excluding hydrogens is 242 g/mol. The summed E-state index contributed by atoms with van der Waals surface area (Å²) >= 11 is 0. The van der Waals surface area contributed by atoms with Gasteiger partial charge in [0.15, 0.2) is 0 Å². The van der Waals surface area contributed by atoms with E-state index in [2.05, 4.69) is 61.6 Å². The zero-order chi connectivity index (χ0) is 13.9. The minimum absolute atomic E-state index is 0.847. The summed E-state index contributed by atoms with van der Waals surface area (Å²) in [6.45, 7) is 5.30. The topological polar surface area (TPSA) is 12.0 Å². The molecule has 3 rings (SSSR count). The molecule has 0 aliphatic heterocycles. The monoisotopic (exact) mass is 265 g/mol. The molecule has 20 heavy (non-hydrogen) atoms. The highest BCUT2D eigenvalue weighted by Crippen LogP contribution is 2.39. The summed E-state index contributed by atoms with van der Waals surface area (Å²) in [5.41, 5.74) is 6.92. The van der Waals surface area contributed by atoms with Crippen LogP contribution in [-0.2, 0) is 13.0 Å². The van der Waals surface area contributed by atoms with Crippen molar-refractivity contribution in [2.24, 2.45) is 0 Å². The van der Waals surface area contributed by atoms with E-state index in [-0.39, 0.29) is 0 Å². The highest BCUT2D eigenvalue weighted by Gasteiger charge is 2.22. The standard InChI is InChI=1S/C19H23N/c1-3-16-6-4-5-14(2)19(16)20-13-15-7-9-17(10-8-15)18-11-12-18/h4-10,18,20H,3,11-13H2,1-2H3. The summed E-state index contributed by atoms with van der Waals surface area (Å²) in [5.74, 6) is 0.847. The second-order valence-electron chi connectivity index (χ2n) is 5.83. The second-order valence-corrected chi connectivity index (χ2v) is 5.83. The number of hydrogen-bond donors (Lipinski definition) is 1. The van der Waals surface area contributed by atoms with Crippen molar-refractivity contribution in [2.45, 2.75) is 45.6 Å². The fourth-order valence-electron chi connectivity index (χ4n) is 2.79. The average Bonchev–Trinajstić information content (AvgIpc) is 3.31. The molecule has 2 aromatic rings. The highest BCUT2D eigenvalue weighted by molar-refractivity contribution is 5.57. The Labute approximate surface area is 122 Å². The molecule has 0 amide bonds. The van der Waals surface area contributed by atoms with E-state index in [0.717, 1.165) is 18.9 Å². The smallest absolute Gasteiger partial charge is 0.0404 e. The predicted molar refractivity (Wildman–Crippen MR) is 86.3 cm³/mol. The zero-order valence-electron chi connectivity index (χ0n) is 12.4. The molecule has 0 atom stereocenters. The minimum Gasteiger partial charge on any atom is -0.381 e. The Balaban J connectivity index is 1.69. The quantitative estimate of drug-likeness (QED) is 0.798. The molecule has 1 heteroatoms. The number of aryl methyl sites for hydroxylation is 2. The van der Waals surface area contributed by atoms with Crippen LogP contribution >= 0.6 is 0 Å². The summed E-state index contributed by atoms with van der Waals surface area (Å²) in [6.07, 6.45) is 3.83. The predicted octanol–water partition coefficient (Wildman–Crippen LogP) is 5.05. The summed E-state index contributed by atoms with van der Waals surface area (Å²) in [5, 5.41) is 3.61. The molecule has 1 aliphatic carbocycles. The molecule has 0 heterocycles. The van der Waals surface area contributed by atoms with E-state index in [1.807, 2.05) is 0 Å². The van der Waals surface area contributed by atoms with Gasteiger partial charge in [-0.1, -0.05) is 49.4 Å². The lowest BCUT2D eigenvalue weighted by Crippen LogP contribution is -2.04. The van der Waals surface area contributed by atoms with Crippen LogP contribution in [0, 0.1) is 6.92 Å². The zero-order valence-corrected chi connectivity index (χ0v) is 12.4. The summed E-state index contributed by atoms with van der Waals surface area (Å²) in [6, 6.07) is 15.7. The molecule has 0 aromatic heterocycles. The van der Waals surface area contributed by atoms with Crippen LogP contribution in [0.5, 0.6) is 0 Å². The molecule has 2 aromatic carbocycles. The number of rotatable bonds is 5. The van der Waals surface area contributed by atoms with E-state index in [9.17, 15) is 0 Å². The van der Waals surface area contributed by atoms with Crippen molar-refractivity contribution in [3.05, 3.63) is 64.7 Å². The van der Waals surface area contributed by atoms with Gasteiger partial charge in [0.1, 0.15) is 0 Å². The van der Waals surface area contributed by atoms with Crippen molar-refractivity contribution in [2.75, 3.05) is 5.32 Å². The van der Waals surface area contributed by atoms with E-state index < -0.39 is 0 Å². The second kappa shape index (κ2) is 5.70. The van der Waals surface area contributed by atoms with Crippen LogP contribution in [0.4, 0.5) is 5.69 Å². The summed E-state index contributed by atoms with van der Waals surface area (Å²) in [4.78, 5) is 0. The van der Waals surface area contributed by atoms with Crippen LogP contribution in [0.2, 0.25) is 0 Å². The molecule has 1 saturated carbocycles. The van der Waals surface area contributed by atoms with Gasteiger partial charge in [0.2, 0.25) is 0 Å². The van der Waals surface area contributed by atoms with Gasteiger partial charge in [0.05, 0.1) is 0 Å². The van der Waals surface area contributed by atoms with Crippen molar-refractivity contribution < 1.29 is 0 Å². The van der Waals surface area contributed by atoms with Gasteiger partial charge in [0.25, 0.3) is 0 Å². The number of benzene rings is 2. The van der Waals surface area contributed by atoms with Crippen LogP contribution in [0.1, 0.15) is 47.9 Å². The first kappa shape index (κ1) is 13.2. The van der Waals surface area contributed by atoms with Crippen LogP contribution in [0.3, 0.4) is 0 Å². The number of nitrogens with one attached hydrogen (secondary N) is 1. The first-order valence-corrected chi connectivity index (χ1v) is 7.69. The maximum atomic E-state index is 3.61. The van der Waals surface area contributed by atoms with E-state index in [0.29, 0.717) is 0 Å². The van der Waals surface area contributed by atoms with E-state index in [1.165, 1.54) is 40.8 Å². The minimum atomic E-state index is 0.847. The van der Waals surface area contributed by atoms with Gasteiger partial charge in [-0.15, -0.1) is 0 Å². The van der Waals surface area contributed by atoms with Crippen LogP contribution in [-0.4, -0.2) is 0 Å². The van der Waals surface area contributed by atoms with Gasteiger partial charge >= 0.3 is 0 Å². The molecule has 0 bridgehead atoms. The van der Waals surface area contributed by atoms with E-state index >= 15 is 0 Å². The Morgan fingerprint density at radius 3 is 2.45 bits per heavy atom. The Kier molecular flexibility index (Phi) is 3.77. The van der Waals surface area contributed by atoms with Crippen molar-refractivity contribution in [1.82, 2.24) is 0 Å². The first-order chi connectivity index (χ1) is 9.78. The molecule has 0 radical (unpaired) electrons. The summed E-state index contributed by atoms with van der Waals surface area (Å²) in [7, 11) is 0. The van der Waals surface area contributed by atoms with Crippen molar-refractivity contribution in [1.29, 1.82) is 0 Å². The highest BCUT2D eigenvalue weighted by atomic mass is 14.9. The van der Waals surface area contributed by atoms with Gasteiger partial charge in [-0.25, -0.2) is 0 Å². The van der Waals surface area contributed by atoms with Gasteiger partial charge < -0.3 is 5.32 Å². The van der Waals surface area contributed by atoms with Crippen molar-refractivity contribution in [3.8, 4) is 0 Å². The molecular formula is C19H23N. The van der Waals surface area contributed by atoms with Crippen LogP contribution in [0.25, 0.3) is 0 Å². The fourth-order valence-corrected chi connectivity index (χ4v) is 2.79. The molecule has 1 nitrogen and oxygen atoms in total. The Hall–Kier alpha value is -1.76. The molecule has 104 valence electrons. The molecule has 0 saturated heterocycles. The lowest BCUT2D eigenvalue weighted by atomic mass is 10.0. The third kappa shape index (κ3) is 2.87. The first-order valence-electron chi connectivity index (χ1n) is 7.69. The third-order valence-corrected chi connectivity index (χ3v) is 4.24. The fraction of sp³-hybridized carbons (Fsp3) is 0.368. The maximum Gasteiger partial charge on any atom is 0.0404 e. The van der Waals surface area contributed by atoms with Gasteiger partial charge in [-0.2, -0.15) is 0 Å². The Morgan fingerprint density at radius 2 is 1.80 bits per heavy atom. The SMILES string of the molecule is CCc1cccc(C)c1NCc1ccc(C2CC2)cc1. The number of para-hydroxylation sites is 1. The van der Waals surface area contributed by atoms with Gasteiger partial charge in [-0.05, 0) is 54.4 Å². The van der Waals surface area contributed by atoms with Crippen LogP contribution < -0.4 is 5.32 Å². The number of anilines is 1. The van der Waals surface area contributed by atoms with E-state index in [1.54, 1.807) is 0 Å². The van der Waals surface area contributed by atoms with E-state index in [4.69, 9.17) is 0 Å². The van der Waals surface area contributed by atoms with Crippen molar-refractivity contribution >= 4 is 5.69 Å². The van der Waals surface area contributed by atoms with Crippen molar-refractivity contribution in [3.63, 3.8) is 0 Å². The molecule has 1 aliphatic rings. The van der Waals surface area contributed by atoms with Gasteiger partial charge in [-0.3, -0.25) is 0 Å². The molecule has 0 unspecified atom stereocenters. The number of hydrogen-bond acceptors (Lipinski definition) is 1. The molecule has 1 fully saturated rings. The lowest BCUT2D eigenvalue weighted by molar-refractivity contribution is 1.07. The Bertz CT molecular complexity index is 579. The largest absolute Gasteiger partial charge is 0.381 e. The van der Waals surface area contributed by atoms with Gasteiger partial charge in [0, 0.05) is 12.2 Å². The maximum absolute atomic E-state index is 3.61. The third-order valence-electron chi connectivity index (χ3n) is 4.24. The molecule has 1 N–H and O–H groups in total. The lowest BCUT2D eigenvalue weighted by Gasteiger charge is -2.14. The molecule has 0 spiro atoms. The average molecular weight is 265 g/mol. The van der Waals surface area contributed by atoms with Crippen LogP contribution in [0.15, 0.2) is 42.5 Å². The normalized spacial score (nSPS) is 14.3. The Morgan fingerprint density at radius 1 is 1.05 bits per heavy atom.